The first-order chi connectivity index (χ1) is 8.22. The van der Waals surface area contributed by atoms with Crippen molar-refractivity contribution < 1.29 is 10.0 Å². The van der Waals surface area contributed by atoms with Crippen LogP contribution in [0, 0.1) is 0 Å². The van der Waals surface area contributed by atoms with Crippen LogP contribution in [0.1, 0.15) is 37.0 Å². The predicted octanol–water partition coefficient (Wildman–Crippen LogP) is 2.43. The Morgan fingerprint density at radius 2 is 1.71 bits per heavy atom. The Kier molecular flexibility index (Phi) is 5.49. The number of nitrogens with one attached hydrogen (secondary N) is 1. The molecule has 0 radical (unpaired) electrons. The molecule has 0 unspecified atom stereocenters. The van der Waals surface area contributed by atoms with Crippen LogP contribution in [-0.4, -0.2) is 24.2 Å². The molecule has 2 N–H and O–H groups in total. The van der Waals surface area contributed by atoms with Crippen LogP contribution in [0.2, 0.25) is 0 Å². The highest BCUT2D eigenvalue weighted by Gasteiger charge is 2.07. The van der Waals surface area contributed by atoms with Crippen molar-refractivity contribution in [2.24, 2.45) is 0 Å². The van der Waals surface area contributed by atoms with Gasteiger partial charge >= 0.3 is 0 Å². The van der Waals surface area contributed by atoms with Gasteiger partial charge < -0.3 is 4.90 Å². The van der Waals surface area contributed by atoms with E-state index >= 15 is 0 Å². The molecule has 17 heavy (non-hydrogen) atoms. The van der Waals surface area contributed by atoms with Gasteiger partial charge in [0, 0.05) is 24.3 Å². The van der Waals surface area contributed by atoms with Gasteiger partial charge in [0.1, 0.15) is 0 Å². The molecular formula is C13H20N2O2. The predicted molar refractivity (Wildman–Crippen MR) is 68.5 cm³/mol. The van der Waals surface area contributed by atoms with E-state index in [1.54, 1.807) is 17.6 Å². The van der Waals surface area contributed by atoms with Crippen LogP contribution in [0.3, 0.4) is 0 Å². The minimum absolute atomic E-state index is 0.462. The average molecular weight is 236 g/mol. The van der Waals surface area contributed by atoms with Gasteiger partial charge in [-0.2, -0.15) is 0 Å². The molecule has 0 saturated heterocycles. The maximum absolute atomic E-state index is 11.2. The van der Waals surface area contributed by atoms with E-state index in [4.69, 9.17) is 5.21 Å². The van der Waals surface area contributed by atoms with Crippen LogP contribution in [0.4, 0.5) is 5.69 Å². The summed E-state index contributed by atoms with van der Waals surface area (Å²) in [6.45, 7) is 6.32. The first kappa shape index (κ1) is 13.5. The van der Waals surface area contributed by atoms with Crippen molar-refractivity contribution in [3.05, 3.63) is 29.8 Å². The molecule has 4 heteroatoms. The van der Waals surface area contributed by atoms with Crippen LogP contribution in [-0.2, 0) is 0 Å². The quantitative estimate of drug-likeness (QED) is 0.589. The third-order valence-corrected chi connectivity index (χ3v) is 2.58. The highest BCUT2D eigenvalue weighted by atomic mass is 16.5. The van der Waals surface area contributed by atoms with Gasteiger partial charge in [-0.1, -0.05) is 13.8 Å². The third-order valence-electron chi connectivity index (χ3n) is 2.58. The van der Waals surface area contributed by atoms with Crippen LogP contribution in [0.15, 0.2) is 24.3 Å². The molecule has 1 aromatic rings. The van der Waals surface area contributed by atoms with E-state index in [1.807, 2.05) is 12.1 Å². The minimum Gasteiger partial charge on any atom is -0.372 e. The van der Waals surface area contributed by atoms with Gasteiger partial charge in [-0.3, -0.25) is 10.0 Å². The van der Waals surface area contributed by atoms with Crippen molar-refractivity contribution in [1.29, 1.82) is 0 Å². The minimum atomic E-state index is -0.478. The SMILES string of the molecule is CCCN(CCC)c1ccc(C(=O)NO)cc1. The molecule has 0 saturated carbocycles. The lowest BCUT2D eigenvalue weighted by Gasteiger charge is -2.23. The van der Waals surface area contributed by atoms with E-state index in [1.165, 1.54) is 0 Å². The standard InChI is InChI=1S/C13H20N2O2/c1-3-9-15(10-4-2)12-7-5-11(6-8-12)13(16)14-17/h5-8,17H,3-4,9-10H2,1-2H3,(H,14,16). The summed E-state index contributed by atoms with van der Waals surface area (Å²) in [6, 6.07) is 7.27. The zero-order chi connectivity index (χ0) is 12.7. The van der Waals surface area contributed by atoms with Crippen LogP contribution >= 0.6 is 0 Å². The van der Waals surface area contributed by atoms with Crippen molar-refractivity contribution >= 4 is 11.6 Å². The average Bonchev–Trinajstić information content (AvgIpc) is 2.38. The second kappa shape index (κ2) is 6.91. The second-order valence-corrected chi connectivity index (χ2v) is 3.97. The normalized spacial score (nSPS) is 10.1. The molecule has 4 nitrogen and oxygen atoms in total. The van der Waals surface area contributed by atoms with Crippen LogP contribution in [0.25, 0.3) is 0 Å². The fourth-order valence-electron chi connectivity index (χ4n) is 1.80. The van der Waals surface area contributed by atoms with Crippen molar-refractivity contribution in [1.82, 2.24) is 5.48 Å². The maximum atomic E-state index is 11.2. The third kappa shape index (κ3) is 3.75. The first-order valence-corrected chi connectivity index (χ1v) is 6.02. The number of benzene rings is 1. The van der Waals surface area contributed by atoms with Gasteiger partial charge in [0.05, 0.1) is 0 Å². The van der Waals surface area contributed by atoms with Gasteiger partial charge in [0.25, 0.3) is 5.91 Å². The summed E-state index contributed by atoms with van der Waals surface area (Å²) in [5, 5.41) is 8.53. The van der Waals surface area contributed by atoms with Gasteiger partial charge in [0.2, 0.25) is 0 Å². The molecule has 0 fully saturated rings. The molecule has 0 aliphatic rings. The molecule has 1 aromatic carbocycles. The fourth-order valence-corrected chi connectivity index (χ4v) is 1.80. The summed E-state index contributed by atoms with van der Waals surface area (Å²) in [6.07, 6.45) is 2.19. The highest BCUT2D eigenvalue weighted by molar-refractivity contribution is 5.93. The Labute approximate surface area is 102 Å². The Hall–Kier alpha value is -1.55. The molecule has 1 amide bonds. The summed E-state index contributed by atoms with van der Waals surface area (Å²) in [5.41, 5.74) is 3.20. The molecule has 0 bridgehead atoms. The van der Waals surface area contributed by atoms with Crippen LogP contribution in [0.5, 0.6) is 0 Å². The molecule has 1 rings (SSSR count). The molecular weight excluding hydrogens is 216 g/mol. The zero-order valence-electron chi connectivity index (χ0n) is 10.4. The topological polar surface area (TPSA) is 52.6 Å². The van der Waals surface area contributed by atoms with Crippen molar-refractivity contribution in [2.75, 3.05) is 18.0 Å². The molecule has 0 heterocycles. The summed E-state index contributed by atoms with van der Waals surface area (Å²) in [5.74, 6) is -0.478. The summed E-state index contributed by atoms with van der Waals surface area (Å²) < 4.78 is 0. The van der Waals surface area contributed by atoms with E-state index in [2.05, 4.69) is 18.7 Å². The summed E-state index contributed by atoms with van der Waals surface area (Å²) in [7, 11) is 0. The molecule has 0 atom stereocenters. The van der Waals surface area contributed by atoms with Gasteiger partial charge in [0.15, 0.2) is 0 Å². The number of carbonyl (C=O) groups is 1. The Bertz CT molecular complexity index is 343. The molecule has 94 valence electrons. The zero-order valence-corrected chi connectivity index (χ0v) is 10.4. The van der Waals surface area contributed by atoms with Crippen molar-refractivity contribution in [3.8, 4) is 0 Å². The number of hydrogen-bond acceptors (Lipinski definition) is 3. The number of amides is 1. The lowest BCUT2D eigenvalue weighted by atomic mass is 10.2. The number of rotatable bonds is 6. The first-order valence-electron chi connectivity index (χ1n) is 6.02. The van der Waals surface area contributed by atoms with Crippen molar-refractivity contribution in [2.45, 2.75) is 26.7 Å². The monoisotopic (exact) mass is 236 g/mol. The smallest absolute Gasteiger partial charge is 0.274 e. The van der Waals surface area contributed by atoms with E-state index in [9.17, 15) is 4.79 Å². The maximum Gasteiger partial charge on any atom is 0.274 e. The molecule has 0 aromatic heterocycles. The van der Waals surface area contributed by atoms with Crippen LogP contribution < -0.4 is 10.4 Å². The van der Waals surface area contributed by atoms with Gasteiger partial charge in [-0.15, -0.1) is 0 Å². The van der Waals surface area contributed by atoms with Gasteiger partial charge in [-0.05, 0) is 37.1 Å². The number of anilines is 1. The Morgan fingerprint density at radius 3 is 2.12 bits per heavy atom. The highest BCUT2D eigenvalue weighted by Crippen LogP contribution is 2.16. The summed E-state index contributed by atoms with van der Waals surface area (Å²) in [4.78, 5) is 13.5. The lowest BCUT2D eigenvalue weighted by molar-refractivity contribution is 0.0706. The van der Waals surface area contributed by atoms with E-state index < -0.39 is 5.91 Å². The number of nitrogens with zero attached hydrogens (tertiary/aromatic N) is 1. The number of hydrogen-bond donors (Lipinski definition) is 2. The van der Waals surface area contributed by atoms with E-state index in [-0.39, 0.29) is 0 Å². The molecule has 0 aliphatic carbocycles. The second-order valence-electron chi connectivity index (χ2n) is 3.97. The molecule has 0 aliphatic heterocycles. The van der Waals surface area contributed by atoms with Gasteiger partial charge in [-0.25, -0.2) is 5.48 Å². The fraction of sp³-hybridized carbons (Fsp3) is 0.462. The lowest BCUT2D eigenvalue weighted by Crippen LogP contribution is -2.25. The summed E-state index contributed by atoms with van der Waals surface area (Å²) >= 11 is 0. The van der Waals surface area contributed by atoms with Crippen molar-refractivity contribution in [3.63, 3.8) is 0 Å². The Morgan fingerprint density at radius 1 is 1.18 bits per heavy atom. The van der Waals surface area contributed by atoms with E-state index in [0.717, 1.165) is 31.6 Å². The van der Waals surface area contributed by atoms with E-state index in [0.29, 0.717) is 5.56 Å². The molecule has 0 spiro atoms. The number of hydroxylamine groups is 1. The number of carbonyl (C=O) groups excluding carboxylic acids is 1. The largest absolute Gasteiger partial charge is 0.372 e. The Balaban J connectivity index is 2.80.